The van der Waals surface area contributed by atoms with E-state index in [0.717, 1.165) is 17.9 Å². The normalized spacial score (nSPS) is 13.3. The smallest absolute Gasteiger partial charge is 0.228 e. The highest BCUT2D eigenvalue weighted by molar-refractivity contribution is 6.88. The van der Waals surface area contributed by atoms with Crippen molar-refractivity contribution in [3.05, 3.63) is 71.9 Å². The molecule has 0 atom stereocenters. The van der Waals surface area contributed by atoms with Gasteiger partial charge in [-0.1, -0.05) is 88.1 Å². The van der Waals surface area contributed by atoms with Crippen molar-refractivity contribution in [1.29, 1.82) is 0 Å². The first-order chi connectivity index (χ1) is 16.9. The van der Waals surface area contributed by atoms with Gasteiger partial charge in [-0.3, -0.25) is 0 Å². The molecular weight excluding hydrogens is 454 g/mol. The van der Waals surface area contributed by atoms with Crippen LogP contribution in [-0.2, 0) is 13.5 Å². The van der Waals surface area contributed by atoms with Crippen molar-refractivity contribution in [2.75, 3.05) is 0 Å². The summed E-state index contributed by atoms with van der Waals surface area (Å²) in [6.45, 7) is 16.5. The SMILES string of the molecule is Cc1c2c(c(CC(C)(C)C)c3ccccc13)Oc1cc3ccc([Si](C)(C)C)cc3c3cc[n+](C)c-2c13. The van der Waals surface area contributed by atoms with Crippen molar-refractivity contribution < 1.29 is 9.30 Å². The van der Waals surface area contributed by atoms with Gasteiger partial charge in [0.05, 0.1) is 19.0 Å². The van der Waals surface area contributed by atoms with E-state index in [1.807, 2.05) is 0 Å². The standard InChI is InChI=1S/C33H36NOSi/c1-20-23-11-9-10-12-24(23)27(19-33(2,3)4)32-29(20)31-30-25(15-16-34(31)5)26-18-22(36(6,7)8)14-13-21(26)17-28(30)35-32/h9-18H,19H2,1-8H3/q+1. The van der Waals surface area contributed by atoms with Crippen LogP contribution in [-0.4, -0.2) is 8.07 Å². The maximum absolute atomic E-state index is 6.97. The molecule has 3 heteroatoms. The molecule has 1 aliphatic rings. The van der Waals surface area contributed by atoms with Crippen molar-refractivity contribution in [1.82, 2.24) is 0 Å². The Morgan fingerprint density at radius 2 is 1.58 bits per heavy atom. The highest BCUT2D eigenvalue weighted by atomic mass is 28.3. The summed E-state index contributed by atoms with van der Waals surface area (Å²) in [5, 5.41) is 9.21. The molecule has 0 amide bonds. The number of ether oxygens (including phenoxy) is 1. The Balaban J connectivity index is 1.77. The van der Waals surface area contributed by atoms with Crippen molar-refractivity contribution in [2.45, 2.75) is 53.8 Å². The molecule has 6 rings (SSSR count). The Morgan fingerprint density at radius 3 is 2.28 bits per heavy atom. The summed E-state index contributed by atoms with van der Waals surface area (Å²) >= 11 is 0. The molecule has 1 aliphatic heterocycles. The third-order valence-electron chi connectivity index (χ3n) is 7.75. The molecule has 0 aliphatic carbocycles. The quantitative estimate of drug-likeness (QED) is 0.135. The molecule has 0 fully saturated rings. The molecule has 0 saturated carbocycles. The lowest BCUT2D eigenvalue weighted by molar-refractivity contribution is -0.659. The topological polar surface area (TPSA) is 13.1 Å². The van der Waals surface area contributed by atoms with Gasteiger partial charge in [0.25, 0.3) is 0 Å². The van der Waals surface area contributed by atoms with E-state index in [9.17, 15) is 0 Å². The van der Waals surface area contributed by atoms with Crippen LogP contribution in [0.4, 0.5) is 0 Å². The molecule has 0 spiro atoms. The minimum absolute atomic E-state index is 0.139. The van der Waals surface area contributed by atoms with Crippen LogP contribution in [0.15, 0.2) is 60.8 Å². The summed E-state index contributed by atoms with van der Waals surface area (Å²) in [7, 11) is 0.741. The van der Waals surface area contributed by atoms with E-state index in [0.29, 0.717) is 0 Å². The van der Waals surface area contributed by atoms with Gasteiger partial charge in [-0.25, -0.2) is 4.57 Å². The average Bonchev–Trinajstić information content (AvgIpc) is 2.81. The Bertz CT molecular complexity index is 1720. The lowest BCUT2D eigenvalue weighted by Crippen LogP contribution is -2.37. The van der Waals surface area contributed by atoms with Gasteiger partial charge in [0.1, 0.15) is 18.5 Å². The average molecular weight is 491 g/mol. The van der Waals surface area contributed by atoms with Gasteiger partial charge in [0, 0.05) is 17.0 Å². The molecule has 1 aromatic heterocycles. The predicted octanol–water partition coefficient (Wildman–Crippen LogP) is 8.19. The van der Waals surface area contributed by atoms with Crippen LogP contribution in [0.25, 0.3) is 43.6 Å². The Kier molecular flexibility index (Phi) is 4.95. The number of pyridine rings is 1. The van der Waals surface area contributed by atoms with E-state index < -0.39 is 8.07 Å². The first-order valence-electron chi connectivity index (χ1n) is 13.1. The zero-order valence-electron chi connectivity index (χ0n) is 22.8. The molecule has 2 heterocycles. The minimum atomic E-state index is -1.43. The van der Waals surface area contributed by atoms with Crippen molar-refractivity contribution >= 4 is 45.6 Å². The van der Waals surface area contributed by atoms with Crippen LogP contribution in [0.5, 0.6) is 11.5 Å². The number of aromatic nitrogens is 1. The Hall–Kier alpha value is -3.17. The lowest BCUT2D eigenvalue weighted by atomic mass is 9.81. The fourth-order valence-corrected chi connectivity index (χ4v) is 7.12. The molecule has 2 nitrogen and oxygen atoms in total. The lowest BCUT2D eigenvalue weighted by Gasteiger charge is -2.28. The number of aryl methyl sites for hydroxylation is 2. The molecule has 0 N–H and O–H groups in total. The minimum Gasteiger partial charge on any atom is -0.455 e. The zero-order valence-corrected chi connectivity index (χ0v) is 23.8. The van der Waals surface area contributed by atoms with Crippen molar-refractivity contribution in [2.24, 2.45) is 12.5 Å². The molecule has 36 heavy (non-hydrogen) atoms. The second-order valence-corrected chi connectivity index (χ2v) is 17.9. The van der Waals surface area contributed by atoms with Gasteiger partial charge in [-0.15, -0.1) is 0 Å². The largest absolute Gasteiger partial charge is 0.455 e. The fourth-order valence-electron chi connectivity index (χ4n) is 5.96. The van der Waals surface area contributed by atoms with Gasteiger partial charge < -0.3 is 4.74 Å². The van der Waals surface area contributed by atoms with E-state index in [1.54, 1.807) is 0 Å². The summed E-state index contributed by atoms with van der Waals surface area (Å²) < 4.78 is 9.27. The molecule has 4 aromatic carbocycles. The second kappa shape index (κ2) is 7.66. The van der Waals surface area contributed by atoms with E-state index >= 15 is 0 Å². The Labute approximate surface area is 215 Å². The molecule has 182 valence electrons. The van der Waals surface area contributed by atoms with Crippen LogP contribution >= 0.6 is 0 Å². The Morgan fingerprint density at radius 1 is 0.861 bits per heavy atom. The first kappa shape index (κ1) is 23.2. The van der Waals surface area contributed by atoms with E-state index in [2.05, 4.69) is 120 Å². The summed E-state index contributed by atoms with van der Waals surface area (Å²) in [4.78, 5) is 0. The molecule has 0 saturated heterocycles. The van der Waals surface area contributed by atoms with Gasteiger partial charge in [-0.2, -0.15) is 0 Å². The molecule has 5 aromatic rings. The highest BCUT2D eigenvalue weighted by Gasteiger charge is 2.34. The van der Waals surface area contributed by atoms with Crippen molar-refractivity contribution in [3.63, 3.8) is 0 Å². The van der Waals surface area contributed by atoms with Gasteiger partial charge >= 0.3 is 0 Å². The predicted molar refractivity (Wildman–Crippen MR) is 157 cm³/mol. The number of nitrogens with zero attached hydrogens (tertiary/aromatic N) is 1. The van der Waals surface area contributed by atoms with E-state index in [1.165, 1.54) is 59.9 Å². The molecular formula is C33H36NOSi+. The van der Waals surface area contributed by atoms with Crippen LogP contribution in [0, 0.1) is 12.3 Å². The molecule has 0 bridgehead atoms. The summed E-state index contributed by atoms with van der Waals surface area (Å²) in [6.07, 6.45) is 3.19. The number of fused-ring (bicyclic) bond motifs is 5. The fraction of sp³-hybridized carbons (Fsp3) is 0.303. The van der Waals surface area contributed by atoms with Gasteiger partial charge in [-0.05, 0) is 51.9 Å². The molecule has 0 unspecified atom stereocenters. The summed E-state index contributed by atoms with van der Waals surface area (Å²) in [5.74, 6) is 2.01. The third kappa shape index (κ3) is 3.48. The van der Waals surface area contributed by atoms with Gasteiger partial charge in [0.15, 0.2) is 6.20 Å². The number of hydrogen-bond acceptors (Lipinski definition) is 1. The van der Waals surface area contributed by atoms with Crippen LogP contribution in [0.2, 0.25) is 19.6 Å². The van der Waals surface area contributed by atoms with Crippen LogP contribution < -0.4 is 14.5 Å². The maximum Gasteiger partial charge on any atom is 0.228 e. The molecule has 0 radical (unpaired) electrons. The summed E-state index contributed by atoms with van der Waals surface area (Å²) in [5.41, 5.74) is 5.26. The third-order valence-corrected chi connectivity index (χ3v) is 9.80. The number of benzene rings is 4. The highest BCUT2D eigenvalue weighted by Crippen LogP contribution is 2.52. The summed E-state index contributed by atoms with van der Waals surface area (Å²) in [6, 6.07) is 20.5. The van der Waals surface area contributed by atoms with Crippen LogP contribution in [0.1, 0.15) is 31.9 Å². The maximum atomic E-state index is 6.97. The number of hydrogen-bond donors (Lipinski definition) is 0. The zero-order chi connectivity index (χ0) is 25.6. The number of rotatable bonds is 2. The first-order valence-corrected chi connectivity index (χ1v) is 16.6. The van der Waals surface area contributed by atoms with Gasteiger partial charge in [0.2, 0.25) is 5.69 Å². The van der Waals surface area contributed by atoms with E-state index in [4.69, 9.17) is 4.74 Å². The van der Waals surface area contributed by atoms with Crippen molar-refractivity contribution in [3.8, 4) is 22.8 Å². The van der Waals surface area contributed by atoms with E-state index in [-0.39, 0.29) is 5.41 Å². The monoisotopic (exact) mass is 490 g/mol. The second-order valence-electron chi connectivity index (χ2n) is 12.8. The van der Waals surface area contributed by atoms with Crippen LogP contribution in [0.3, 0.4) is 0 Å².